The number of aromatic nitrogens is 1. The fourth-order valence-corrected chi connectivity index (χ4v) is 1.64. The van der Waals surface area contributed by atoms with Gasteiger partial charge in [0.05, 0.1) is 4.83 Å². The SMILES string of the molecule is O=CC(Br)c1cccc(Oc2ccccn2)c1. The molecule has 0 radical (unpaired) electrons. The fourth-order valence-electron chi connectivity index (χ4n) is 1.36. The van der Waals surface area contributed by atoms with Crippen molar-refractivity contribution in [2.45, 2.75) is 4.83 Å². The first-order valence-corrected chi connectivity index (χ1v) is 5.99. The Morgan fingerprint density at radius 3 is 2.82 bits per heavy atom. The molecule has 86 valence electrons. The standard InChI is InChI=1S/C13H10BrNO2/c14-12(9-16)10-4-3-5-11(8-10)17-13-6-1-2-7-15-13/h1-9,12H. The molecular formula is C13H10BrNO2. The average molecular weight is 292 g/mol. The Kier molecular flexibility index (Phi) is 3.88. The lowest BCUT2D eigenvalue weighted by Gasteiger charge is -2.07. The zero-order chi connectivity index (χ0) is 12.1. The van der Waals surface area contributed by atoms with Crippen LogP contribution in [0.3, 0.4) is 0 Å². The average Bonchev–Trinajstić information content (AvgIpc) is 2.39. The van der Waals surface area contributed by atoms with Gasteiger partial charge in [0.25, 0.3) is 0 Å². The summed E-state index contributed by atoms with van der Waals surface area (Å²) in [6.45, 7) is 0. The molecule has 0 saturated heterocycles. The quantitative estimate of drug-likeness (QED) is 0.639. The van der Waals surface area contributed by atoms with E-state index in [1.165, 1.54) is 0 Å². The molecule has 1 aromatic heterocycles. The van der Waals surface area contributed by atoms with Gasteiger partial charge in [-0.2, -0.15) is 0 Å². The van der Waals surface area contributed by atoms with Crippen molar-refractivity contribution in [3.63, 3.8) is 0 Å². The largest absolute Gasteiger partial charge is 0.439 e. The smallest absolute Gasteiger partial charge is 0.219 e. The Morgan fingerprint density at radius 1 is 1.24 bits per heavy atom. The van der Waals surface area contributed by atoms with Crippen molar-refractivity contribution in [3.8, 4) is 11.6 Å². The van der Waals surface area contributed by atoms with Crippen molar-refractivity contribution in [1.82, 2.24) is 4.98 Å². The van der Waals surface area contributed by atoms with Gasteiger partial charge in [-0.3, -0.25) is 0 Å². The summed E-state index contributed by atoms with van der Waals surface area (Å²) >= 11 is 3.27. The maximum Gasteiger partial charge on any atom is 0.219 e. The van der Waals surface area contributed by atoms with Gasteiger partial charge in [-0.1, -0.05) is 34.1 Å². The van der Waals surface area contributed by atoms with Crippen LogP contribution in [0.5, 0.6) is 11.6 Å². The molecule has 0 aliphatic rings. The van der Waals surface area contributed by atoms with Gasteiger partial charge in [-0.25, -0.2) is 4.98 Å². The van der Waals surface area contributed by atoms with Crippen LogP contribution < -0.4 is 4.74 Å². The number of pyridine rings is 1. The highest BCUT2D eigenvalue weighted by Crippen LogP contribution is 2.26. The second-order valence-electron chi connectivity index (χ2n) is 3.38. The third-order valence-corrected chi connectivity index (χ3v) is 2.90. The number of nitrogens with zero attached hydrogens (tertiary/aromatic N) is 1. The van der Waals surface area contributed by atoms with E-state index in [4.69, 9.17) is 4.74 Å². The molecule has 1 heterocycles. The summed E-state index contributed by atoms with van der Waals surface area (Å²) in [7, 11) is 0. The first kappa shape index (κ1) is 11.8. The van der Waals surface area contributed by atoms with E-state index in [1.807, 2.05) is 36.4 Å². The maximum absolute atomic E-state index is 10.7. The molecule has 0 aliphatic carbocycles. The summed E-state index contributed by atoms with van der Waals surface area (Å²) < 4.78 is 5.57. The molecule has 1 aromatic carbocycles. The zero-order valence-electron chi connectivity index (χ0n) is 8.92. The first-order chi connectivity index (χ1) is 8.29. The molecule has 0 spiro atoms. The minimum Gasteiger partial charge on any atom is -0.439 e. The number of ether oxygens (including phenoxy) is 1. The molecule has 2 aromatic rings. The van der Waals surface area contributed by atoms with Crippen LogP contribution >= 0.6 is 15.9 Å². The Balaban J connectivity index is 2.19. The number of halogens is 1. The van der Waals surface area contributed by atoms with Gasteiger partial charge in [0, 0.05) is 12.3 Å². The first-order valence-electron chi connectivity index (χ1n) is 5.08. The lowest BCUT2D eigenvalue weighted by Crippen LogP contribution is -1.92. The van der Waals surface area contributed by atoms with Crippen LogP contribution in [0.25, 0.3) is 0 Å². The molecule has 1 unspecified atom stereocenters. The molecule has 1 atom stereocenters. The normalized spacial score (nSPS) is 11.8. The third-order valence-electron chi connectivity index (χ3n) is 2.16. The van der Waals surface area contributed by atoms with Crippen molar-refractivity contribution < 1.29 is 9.53 Å². The number of benzene rings is 1. The van der Waals surface area contributed by atoms with Crippen LogP contribution in [-0.4, -0.2) is 11.3 Å². The van der Waals surface area contributed by atoms with Crippen LogP contribution in [0.4, 0.5) is 0 Å². The molecule has 3 nitrogen and oxygen atoms in total. The monoisotopic (exact) mass is 291 g/mol. The van der Waals surface area contributed by atoms with E-state index in [0.29, 0.717) is 11.6 Å². The van der Waals surface area contributed by atoms with Crippen molar-refractivity contribution in [2.75, 3.05) is 0 Å². The van der Waals surface area contributed by atoms with Crippen molar-refractivity contribution in [1.29, 1.82) is 0 Å². The number of alkyl halides is 1. The number of carbonyl (C=O) groups is 1. The van der Waals surface area contributed by atoms with E-state index in [9.17, 15) is 4.79 Å². The van der Waals surface area contributed by atoms with Gasteiger partial charge >= 0.3 is 0 Å². The molecule has 0 bridgehead atoms. The van der Waals surface area contributed by atoms with Gasteiger partial charge in [-0.05, 0) is 23.8 Å². The highest BCUT2D eigenvalue weighted by molar-refractivity contribution is 9.09. The third kappa shape index (κ3) is 3.14. The molecule has 0 N–H and O–H groups in total. The van der Waals surface area contributed by atoms with Crippen LogP contribution in [0, 0.1) is 0 Å². The molecule has 2 rings (SSSR count). The topological polar surface area (TPSA) is 39.2 Å². The van der Waals surface area contributed by atoms with Crippen molar-refractivity contribution in [2.24, 2.45) is 0 Å². The van der Waals surface area contributed by atoms with Gasteiger partial charge in [-0.15, -0.1) is 0 Å². The Morgan fingerprint density at radius 2 is 2.12 bits per heavy atom. The zero-order valence-corrected chi connectivity index (χ0v) is 10.5. The maximum atomic E-state index is 10.7. The lowest BCUT2D eigenvalue weighted by atomic mass is 10.1. The number of hydrogen-bond donors (Lipinski definition) is 0. The predicted molar refractivity (Wildman–Crippen MR) is 68.5 cm³/mol. The van der Waals surface area contributed by atoms with Crippen LogP contribution in [0.15, 0.2) is 48.7 Å². The number of aldehydes is 1. The van der Waals surface area contributed by atoms with Gasteiger partial charge in [0.2, 0.25) is 5.88 Å². The molecule has 4 heteroatoms. The van der Waals surface area contributed by atoms with E-state index in [2.05, 4.69) is 20.9 Å². The number of carbonyl (C=O) groups excluding carboxylic acids is 1. The highest BCUT2D eigenvalue weighted by atomic mass is 79.9. The molecule has 17 heavy (non-hydrogen) atoms. The molecular weight excluding hydrogens is 282 g/mol. The molecule has 0 fully saturated rings. The fraction of sp³-hybridized carbons (Fsp3) is 0.0769. The van der Waals surface area contributed by atoms with E-state index >= 15 is 0 Å². The van der Waals surface area contributed by atoms with Gasteiger partial charge in [0.15, 0.2) is 0 Å². The summed E-state index contributed by atoms with van der Waals surface area (Å²) in [4.78, 5) is 14.4. The summed E-state index contributed by atoms with van der Waals surface area (Å²) in [6, 6.07) is 12.8. The molecule has 0 amide bonds. The Bertz CT molecular complexity index is 502. The number of rotatable bonds is 4. The van der Waals surface area contributed by atoms with E-state index in [0.717, 1.165) is 11.8 Å². The van der Waals surface area contributed by atoms with Crippen LogP contribution in [0.1, 0.15) is 10.4 Å². The second-order valence-corrected chi connectivity index (χ2v) is 4.37. The highest BCUT2D eigenvalue weighted by Gasteiger charge is 2.06. The Labute approximate surface area is 108 Å². The van der Waals surface area contributed by atoms with Crippen molar-refractivity contribution >= 4 is 22.2 Å². The Hall–Kier alpha value is -1.68. The minimum absolute atomic E-state index is 0.310. The van der Waals surface area contributed by atoms with E-state index in [1.54, 1.807) is 12.3 Å². The second kappa shape index (κ2) is 5.59. The van der Waals surface area contributed by atoms with Crippen LogP contribution in [-0.2, 0) is 4.79 Å². The van der Waals surface area contributed by atoms with E-state index < -0.39 is 0 Å². The van der Waals surface area contributed by atoms with Gasteiger partial charge in [0.1, 0.15) is 12.0 Å². The molecule has 0 saturated carbocycles. The van der Waals surface area contributed by atoms with Gasteiger partial charge < -0.3 is 9.53 Å². The summed E-state index contributed by atoms with van der Waals surface area (Å²) in [6.07, 6.45) is 2.50. The predicted octanol–water partition coefficient (Wildman–Crippen LogP) is 3.51. The number of hydrogen-bond acceptors (Lipinski definition) is 3. The van der Waals surface area contributed by atoms with E-state index in [-0.39, 0.29) is 4.83 Å². The summed E-state index contributed by atoms with van der Waals surface area (Å²) in [5.74, 6) is 1.19. The molecule has 0 aliphatic heterocycles. The van der Waals surface area contributed by atoms with Crippen molar-refractivity contribution in [3.05, 3.63) is 54.2 Å². The summed E-state index contributed by atoms with van der Waals surface area (Å²) in [5, 5.41) is 0. The van der Waals surface area contributed by atoms with Crippen LogP contribution in [0.2, 0.25) is 0 Å². The summed E-state index contributed by atoms with van der Waals surface area (Å²) in [5.41, 5.74) is 0.855. The lowest BCUT2D eigenvalue weighted by molar-refractivity contribution is -0.107. The minimum atomic E-state index is -0.310.